The maximum atomic E-state index is 11.7. The van der Waals surface area contributed by atoms with Crippen LogP contribution in [0.5, 0.6) is 0 Å². The van der Waals surface area contributed by atoms with E-state index in [2.05, 4.69) is 15.3 Å². The normalized spacial score (nSPS) is 11.1. The van der Waals surface area contributed by atoms with Crippen molar-refractivity contribution in [2.75, 3.05) is 5.32 Å². The summed E-state index contributed by atoms with van der Waals surface area (Å²) in [5.41, 5.74) is -0.376. The summed E-state index contributed by atoms with van der Waals surface area (Å²) >= 11 is 0. The van der Waals surface area contributed by atoms with Crippen LogP contribution in [0.1, 0.15) is 27.2 Å². The van der Waals surface area contributed by atoms with Crippen LogP contribution in [0.25, 0.3) is 0 Å². The van der Waals surface area contributed by atoms with Crippen molar-refractivity contribution >= 4 is 11.9 Å². The number of carbonyl (C=O) groups is 1. The summed E-state index contributed by atoms with van der Waals surface area (Å²) in [6.45, 7) is 5.77. The van der Waals surface area contributed by atoms with Crippen molar-refractivity contribution in [3.63, 3.8) is 0 Å². The summed E-state index contributed by atoms with van der Waals surface area (Å²) < 4.78 is 0. The second-order valence-corrected chi connectivity index (χ2v) is 3.76. The number of aromatic nitrogens is 2. The van der Waals surface area contributed by atoms with Crippen LogP contribution in [0.4, 0.5) is 5.95 Å². The van der Waals surface area contributed by atoms with E-state index in [0.29, 0.717) is 5.95 Å². The zero-order valence-electron chi connectivity index (χ0n) is 8.74. The summed E-state index contributed by atoms with van der Waals surface area (Å²) in [4.78, 5) is 19.5. The molecule has 0 aliphatic heterocycles. The van der Waals surface area contributed by atoms with E-state index < -0.39 is 0 Å². The van der Waals surface area contributed by atoms with Crippen LogP contribution in [0, 0.1) is 5.41 Å². The van der Waals surface area contributed by atoms with Crippen LogP contribution >= 0.6 is 0 Å². The van der Waals surface area contributed by atoms with E-state index >= 15 is 0 Å². The summed E-state index contributed by atoms with van der Waals surface area (Å²) in [6.07, 6.45) is 3.98. The Bertz CT molecular complexity index is 308. The Morgan fingerprint density at radius 1 is 1.43 bits per heavy atom. The molecule has 0 fully saturated rings. The van der Waals surface area contributed by atoms with E-state index in [1.165, 1.54) is 0 Å². The van der Waals surface area contributed by atoms with E-state index in [1.807, 2.05) is 20.8 Å². The molecule has 0 atom stereocenters. The third kappa shape index (κ3) is 2.52. The molecular weight excluding hydrogens is 178 g/mol. The van der Waals surface area contributed by atoms with Gasteiger partial charge in [-0.25, -0.2) is 9.97 Å². The zero-order valence-corrected chi connectivity index (χ0v) is 8.74. The number of rotatable bonds is 3. The molecule has 4 nitrogen and oxygen atoms in total. The minimum Gasteiger partial charge on any atom is -0.294 e. The van der Waals surface area contributed by atoms with E-state index in [1.54, 1.807) is 18.5 Å². The van der Waals surface area contributed by atoms with Gasteiger partial charge in [-0.05, 0) is 12.5 Å². The quantitative estimate of drug-likeness (QED) is 0.797. The maximum Gasteiger partial charge on any atom is 0.232 e. The standard InChI is InChI=1S/C10H15N3O/c1-4-10(2,3)8(14)13-9-11-6-5-7-12-9/h5-7H,4H2,1-3H3,(H,11,12,13,14). The highest BCUT2D eigenvalue weighted by molar-refractivity contribution is 5.93. The molecule has 1 amide bonds. The average molecular weight is 193 g/mol. The second kappa shape index (κ2) is 4.17. The Kier molecular flexibility index (Phi) is 3.17. The minimum absolute atomic E-state index is 0.0498. The number of hydrogen-bond acceptors (Lipinski definition) is 3. The molecule has 1 heterocycles. The van der Waals surface area contributed by atoms with Gasteiger partial charge in [0.2, 0.25) is 11.9 Å². The summed E-state index contributed by atoms with van der Waals surface area (Å²) in [5.74, 6) is 0.310. The van der Waals surface area contributed by atoms with Gasteiger partial charge in [-0.3, -0.25) is 10.1 Å². The van der Waals surface area contributed by atoms with E-state index in [-0.39, 0.29) is 11.3 Å². The lowest BCUT2D eigenvalue weighted by Crippen LogP contribution is -2.30. The molecule has 1 N–H and O–H groups in total. The van der Waals surface area contributed by atoms with Gasteiger partial charge in [0, 0.05) is 17.8 Å². The molecule has 76 valence electrons. The second-order valence-electron chi connectivity index (χ2n) is 3.76. The van der Waals surface area contributed by atoms with Crippen molar-refractivity contribution in [2.24, 2.45) is 5.41 Å². The lowest BCUT2D eigenvalue weighted by Gasteiger charge is -2.20. The van der Waals surface area contributed by atoms with Gasteiger partial charge in [-0.1, -0.05) is 20.8 Å². The van der Waals surface area contributed by atoms with Crippen molar-refractivity contribution in [1.82, 2.24) is 9.97 Å². The number of hydrogen-bond donors (Lipinski definition) is 1. The minimum atomic E-state index is -0.376. The van der Waals surface area contributed by atoms with E-state index in [4.69, 9.17) is 0 Å². The van der Waals surface area contributed by atoms with Crippen LogP contribution in [0.3, 0.4) is 0 Å². The highest BCUT2D eigenvalue weighted by Crippen LogP contribution is 2.20. The first-order chi connectivity index (χ1) is 6.56. The van der Waals surface area contributed by atoms with Crippen LogP contribution in [-0.2, 0) is 4.79 Å². The average Bonchev–Trinajstić information content (AvgIpc) is 2.19. The van der Waals surface area contributed by atoms with Crippen molar-refractivity contribution in [1.29, 1.82) is 0 Å². The van der Waals surface area contributed by atoms with Crippen molar-refractivity contribution < 1.29 is 4.79 Å². The Balaban J connectivity index is 2.67. The van der Waals surface area contributed by atoms with Gasteiger partial charge in [-0.15, -0.1) is 0 Å². The molecule has 0 bridgehead atoms. The lowest BCUT2D eigenvalue weighted by atomic mass is 9.89. The van der Waals surface area contributed by atoms with Gasteiger partial charge in [0.1, 0.15) is 0 Å². The van der Waals surface area contributed by atoms with E-state index in [0.717, 1.165) is 6.42 Å². The molecule has 0 aliphatic rings. The predicted octanol–water partition coefficient (Wildman–Crippen LogP) is 1.85. The fourth-order valence-corrected chi connectivity index (χ4v) is 0.795. The van der Waals surface area contributed by atoms with Crippen molar-refractivity contribution in [3.8, 4) is 0 Å². The highest BCUT2D eigenvalue weighted by atomic mass is 16.2. The number of nitrogens with zero attached hydrogens (tertiary/aromatic N) is 2. The predicted molar refractivity (Wildman–Crippen MR) is 54.7 cm³/mol. The summed E-state index contributed by atoms with van der Waals surface area (Å²) in [6, 6.07) is 1.71. The highest BCUT2D eigenvalue weighted by Gasteiger charge is 2.25. The van der Waals surface area contributed by atoms with Crippen LogP contribution < -0.4 is 5.32 Å². The molecule has 0 saturated heterocycles. The van der Waals surface area contributed by atoms with Crippen LogP contribution in [0.2, 0.25) is 0 Å². The molecule has 0 spiro atoms. The maximum absolute atomic E-state index is 11.7. The van der Waals surface area contributed by atoms with Crippen LogP contribution in [-0.4, -0.2) is 15.9 Å². The molecule has 1 aromatic heterocycles. The first-order valence-corrected chi connectivity index (χ1v) is 4.65. The number of carbonyl (C=O) groups excluding carboxylic acids is 1. The van der Waals surface area contributed by atoms with Gasteiger partial charge in [0.25, 0.3) is 0 Å². The topological polar surface area (TPSA) is 54.9 Å². The van der Waals surface area contributed by atoms with Gasteiger partial charge < -0.3 is 0 Å². The first-order valence-electron chi connectivity index (χ1n) is 4.65. The lowest BCUT2D eigenvalue weighted by molar-refractivity contribution is -0.124. The molecule has 0 unspecified atom stereocenters. The monoisotopic (exact) mass is 193 g/mol. The summed E-state index contributed by atoms with van der Waals surface area (Å²) in [7, 11) is 0. The third-order valence-corrected chi connectivity index (χ3v) is 2.29. The van der Waals surface area contributed by atoms with Gasteiger partial charge in [-0.2, -0.15) is 0 Å². The molecule has 4 heteroatoms. The first kappa shape index (κ1) is 10.6. The van der Waals surface area contributed by atoms with Crippen molar-refractivity contribution in [2.45, 2.75) is 27.2 Å². The molecule has 0 aliphatic carbocycles. The molecule has 0 radical (unpaired) electrons. The smallest absolute Gasteiger partial charge is 0.232 e. The number of nitrogens with one attached hydrogen (secondary N) is 1. The SMILES string of the molecule is CCC(C)(C)C(=O)Nc1ncccn1. The van der Waals surface area contributed by atoms with Crippen LogP contribution in [0.15, 0.2) is 18.5 Å². The fraction of sp³-hybridized carbons (Fsp3) is 0.500. The Morgan fingerprint density at radius 3 is 2.50 bits per heavy atom. The number of amides is 1. The molecule has 0 saturated carbocycles. The number of anilines is 1. The Morgan fingerprint density at radius 2 is 2.00 bits per heavy atom. The van der Waals surface area contributed by atoms with E-state index in [9.17, 15) is 4.79 Å². The fourth-order valence-electron chi connectivity index (χ4n) is 0.795. The van der Waals surface area contributed by atoms with Gasteiger partial charge >= 0.3 is 0 Å². The Hall–Kier alpha value is -1.45. The van der Waals surface area contributed by atoms with Crippen molar-refractivity contribution in [3.05, 3.63) is 18.5 Å². The molecule has 14 heavy (non-hydrogen) atoms. The molecule has 0 aromatic carbocycles. The van der Waals surface area contributed by atoms with Gasteiger partial charge in [0.05, 0.1) is 0 Å². The Labute approximate surface area is 83.8 Å². The molecule has 1 rings (SSSR count). The molecule has 1 aromatic rings. The zero-order chi connectivity index (χ0) is 10.6. The molecular formula is C10H15N3O. The van der Waals surface area contributed by atoms with Gasteiger partial charge in [0.15, 0.2) is 0 Å². The largest absolute Gasteiger partial charge is 0.294 e. The third-order valence-electron chi connectivity index (χ3n) is 2.29. The summed E-state index contributed by atoms with van der Waals surface area (Å²) in [5, 5.41) is 2.67.